The van der Waals surface area contributed by atoms with Crippen LogP contribution in [0.5, 0.6) is 0 Å². The van der Waals surface area contributed by atoms with E-state index in [1.807, 2.05) is 31.2 Å². The molecule has 0 spiro atoms. The third-order valence-electron chi connectivity index (χ3n) is 1.64. The van der Waals surface area contributed by atoms with Gasteiger partial charge in [-0.05, 0) is 30.7 Å². The quantitative estimate of drug-likeness (QED) is 0.468. The molecule has 0 aliphatic heterocycles. The standard InChI is InChI=1S/C12H19BrO/c1-3-4-5-7-10-14-11-8-6-9-12(2)13/h3-5,7H,2,6,8-11H2,1H3/b4-3+,7-5+. The van der Waals surface area contributed by atoms with Gasteiger partial charge in [0.05, 0.1) is 6.61 Å². The molecule has 0 radical (unpaired) electrons. The highest BCUT2D eigenvalue weighted by Crippen LogP contribution is 2.10. The predicted molar refractivity (Wildman–Crippen MR) is 66.7 cm³/mol. The summed E-state index contributed by atoms with van der Waals surface area (Å²) < 4.78 is 6.47. The molecule has 0 aliphatic rings. The molecule has 0 aliphatic carbocycles. The molecule has 80 valence electrons. The second-order valence-electron chi connectivity index (χ2n) is 3.00. The van der Waals surface area contributed by atoms with E-state index in [0.29, 0.717) is 6.61 Å². The zero-order chi connectivity index (χ0) is 10.6. The summed E-state index contributed by atoms with van der Waals surface area (Å²) in [5.74, 6) is 0. The van der Waals surface area contributed by atoms with Crippen LogP contribution in [0.3, 0.4) is 0 Å². The van der Waals surface area contributed by atoms with Gasteiger partial charge in [-0.25, -0.2) is 0 Å². The van der Waals surface area contributed by atoms with Gasteiger partial charge in [0.1, 0.15) is 0 Å². The lowest BCUT2D eigenvalue weighted by atomic mass is 10.2. The SMILES string of the molecule is C=C(Br)CCCCOC/C=C/C=C/C. The summed E-state index contributed by atoms with van der Waals surface area (Å²) in [5, 5.41) is 0. The van der Waals surface area contributed by atoms with Crippen molar-refractivity contribution < 1.29 is 4.74 Å². The molecule has 0 heterocycles. The Morgan fingerprint density at radius 1 is 1.36 bits per heavy atom. The number of allylic oxidation sites excluding steroid dienone is 4. The average Bonchev–Trinajstić information content (AvgIpc) is 2.15. The molecule has 0 saturated carbocycles. The van der Waals surface area contributed by atoms with E-state index < -0.39 is 0 Å². The van der Waals surface area contributed by atoms with Crippen molar-refractivity contribution in [3.05, 3.63) is 35.4 Å². The maximum absolute atomic E-state index is 5.40. The van der Waals surface area contributed by atoms with Gasteiger partial charge in [0.15, 0.2) is 0 Å². The molecule has 0 N–H and O–H groups in total. The fraction of sp³-hybridized carbons (Fsp3) is 0.500. The van der Waals surface area contributed by atoms with Crippen molar-refractivity contribution in [2.45, 2.75) is 26.2 Å². The number of hydrogen-bond acceptors (Lipinski definition) is 1. The maximum Gasteiger partial charge on any atom is 0.0650 e. The summed E-state index contributed by atoms with van der Waals surface area (Å²) in [5.41, 5.74) is 0. The molecule has 2 heteroatoms. The van der Waals surface area contributed by atoms with Crippen molar-refractivity contribution >= 4 is 15.9 Å². The van der Waals surface area contributed by atoms with Crippen LogP contribution in [0.25, 0.3) is 0 Å². The Morgan fingerprint density at radius 3 is 2.79 bits per heavy atom. The van der Waals surface area contributed by atoms with E-state index in [1.54, 1.807) is 0 Å². The minimum Gasteiger partial charge on any atom is -0.377 e. The number of halogens is 1. The lowest BCUT2D eigenvalue weighted by Gasteiger charge is -2.00. The maximum atomic E-state index is 5.40. The molecular formula is C12H19BrO. The fourth-order valence-corrected chi connectivity index (χ4v) is 1.20. The zero-order valence-corrected chi connectivity index (χ0v) is 10.4. The van der Waals surface area contributed by atoms with Gasteiger partial charge in [0.25, 0.3) is 0 Å². The van der Waals surface area contributed by atoms with Crippen molar-refractivity contribution in [1.29, 1.82) is 0 Å². The average molecular weight is 259 g/mol. The third kappa shape index (κ3) is 11.7. The molecule has 0 aromatic carbocycles. The Bertz CT molecular complexity index is 194. The molecule has 0 bridgehead atoms. The second kappa shape index (κ2) is 10.7. The third-order valence-corrected chi connectivity index (χ3v) is 2.04. The summed E-state index contributed by atoms with van der Waals surface area (Å²) >= 11 is 3.33. The smallest absolute Gasteiger partial charge is 0.0650 e. The van der Waals surface area contributed by atoms with Gasteiger partial charge in [-0.2, -0.15) is 0 Å². The normalized spacial score (nSPS) is 11.6. The van der Waals surface area contributed by atoms with Crippen LogP contribution in [0.15, 0.2) is 35.4 Å². The van der Waals surface area contributed by atoms with Crippen LogP contribution in [0.4, 0.5) is 0 Å². The predicted octanol–water partition coefficient (Wildman–Crippen LogP) is 4.21. The Hall–Kier alpha value is -0.340. The summed E-state index contributed by atoms with van der Waals surface area (Å²) in [6.45, 7) is 7.32. The van der Waals surface area contributed by atoms with E-state index in [-0.39, 0.29) is 0 Å². The van der Waals surface area contributed by atoms with E-state index in [9.17, 15) is 0 Å². The molecule has 0 amide bonds. The topological polar surface area (TPSA) is 9.23 Å². The molecule has 0 fully saturated rings. The minimum atomic E-state index is 0.708. The first-order valence-corrected chi connectivity index (χ1v) is 5.75. The number of hydrogen-bond donors (Lipinski definition) is 0. The molecular weight excluding hydrogens is 240 g/mol. The zero-order valence-electron chi connectivity index (χ0n) is 8.84. The number of rotatable bonds is 8. The monoisotopic (exact) mass is 258 g/mol. The van der Waals surface area contributed by atoms with Crippen LogP contribution in [0, 0.1) is 0 Å². The van der Waals surface area contributed by atoms with Gasteiger partial charge in [0.2, 0.25) is 0 Å². The van der Waals surface area contributed by atoms with Crippen molar-refractivity contribution in [3.8, 4) is 0 Å². The van der Waals surface area contributed by atoms with Crippen LogP contribution < -0.4 is 0 Å². The van der Waals surface area contributed by atoms with Crippen molar-refractivity contribution in [3.63, 3.8) is 0 Å². The first-order chi connectivity index (χ1) is 6.77. The van der Waals surface area contributed by atoms with Crippen LogP contribution >= 0.6 is 15.9 Å². The van der Waals surface area contributed by atoms with Gasteiger partial charge in [-0.1, -0.05) is 46.8 Å². The number of ether oxygens (including phenoxy) is 1. The van der Waals surface area contributed by atoms with E-state index in [1.165, 1.54) is 0 Å². The lowest BCUT2D eigenvalue weighted by molar-refractivity contribution is 0.158. The Morgan fingerprint density at radius 2 is 2.14 bits per heavy atom. The van der Waals surface area contributed by atoms with Crippen molar-refractivity contribution in [2.24, 2.45) is 0 Å². The molecule has 14 heavy (non-hydrogen) atoms. The van der Waals surface area contributed by atoms with Crippen LogP contribution in [-0.4, -0.2) is 13.2 Å². The van der Waals surface area contributed by atoms with Crippen molar-refractivity contribution in [2.75, 3.05) is 13.2 Å². The largest absolute Gasteiger partial charge is 0.377 e. The van der Waals surface area contributed by atoms with Crippen molar-refractivity contribution in [1.82, 2.24) is 0 Å². The lowest BCUT2D eigenvalue weighted by Crippen LogP contribution is -1.93. The second-order valence-corrected chi connectivity index (χ2v) is 4.12. The molecule has 0 rings (SSSR count). The van der Waals surface area contributed by atoms with E-state index in [2.05, 4.69) is 22.5 Å². The molecule has 0 aromatic heterocycles. The van der Waals surface area contributed by atoms with Crippen LogP contribution in [0.2, 0.25) is 0 Å². The highest BCUT2D eigenvalue weighted by Gasteiger charge is 1.90. The molecule has 0 saturated heterocycles. The molecule has 0 unspecified atom stereocenters. The van der Waals surface area contributed by atoms with Crippen LogP contribution in [-0.2, 0) is 4.74 Å². The molecule has 1 nitrogen and oxygen atoms in total. The van der Waals surface area contributed by atoms with E-state index >= 15 is 0 Å². The highest BCUT2D eigenvalue weighted by atomic mass is 79.9. The van der Waals surface area contributed by atoms with E-state index in [4.69, 9.17) is 4.74 Å². The molecule has 0 atom stereocenters. The van der Waals surface area contributed by atoms with Gasteiger partial charge >= 0.3 is 0 Å². The Kier molecular flexibility index (Phi) is 10.5. The first-order valence-electron chi connectivity index (χ1n) is 4.96. The van der Waals surface area contributed by atoms with Gasteiger partial charge in [0, 0.05) is 6.61 Å². The highest BCUT2D eigenvalue weighted by molar-refractivity contribution is 9.11. The van der Waals surface area contributed by atoms with Gasteiger partial charge in [-0.3, -0.25) is 0 Å². The van der Waals surface area contributed by atoms with Gasteiger partial charge < -0.3 is 4.74 Å². The first kappa shape index (κ1) is 13.7. The fourth-order valence-electron chi connectivity index (χ4n) is 0.918. The van der Waals surface area contributed by atoms with Crippen LogP contribution in [0.1, 0.15) is 26.2 Å². The summed E-state index contributed by atoms with van der Waals surface area (Å²) in [7, 11) is 0. The number of unbranched alkanes of at least 4 members (excludes halogenated alkanes) is 1. The summed E-state index contributed by atoms with van der Waals surface area (Å²) in [6, 6.07) is 0. The van der Waals surface area contributed by atoms with Gasteiger partial charge in [-0.15, -0.1) is 0 Å². The summed E-state index contributed by atoms with van der Waals surface area (Å²) in [6.07, 6.45) is 11.3. The molecule has 0 aromatic rings. The summed E-state index contributed by atoms with van der Waals surface area (Å²) in [4.78, 5) is 0. The van der Waals surface area contributed by atoms with E-state index in [0.717, 1.165) is 30.4 Å². The Balaban J connectivity index is 3.10. The minimum absolute atomic E-state index is 0.708. The Labute approximate surface area is 95.7 Å².